The largest absolute Gasteiger partial charge is 0.508 e. The zero-order valence-electron chi connectivity index (χ0n) is 11.8. The third-order valence-electron chi connectivity index (χ3n) is 3.77. The van der Waals surface area contributed by atoms with Crippen LogP contribution in [-0.4, -0.2) is 16.8 Å². The Kier molecular flexibility index (Phi) is 5.67. The molecule has 2 heteroatoms. The molecule has 18 heavy (non-hydrogen) atoms. The smallest absolute Gasteiger partial charge is 0.115 e. The molecule has 0 aliphatic carbocycles. The zero-order chi connectivity index (χ0) is 13.6. The first kappa shape index (κ1) is 15.0. The molecule has 0 aliphatic heterocycles. The van der Waals surface area contributed by atoms with Crippen molar-refractivity contribution < 1.29 is 10.2 Å². The van der Waals surface area contributed by atoms with E-state index in [-0.39, 0.29) is 5.41 Å². The highest BCUT2D eigenvalue weighted by Gasteiger charge is 2.20. The summed E-state index contributed by atoms with van der Waals surface area (Å²) in [4.78, 5) is 0. The van der Waals surface area contributed by atoms with Gasteiger partial charge in [-0.15, -0.1) is 0 Å². The Bertz CT molecular complexity index is 341. The van der Waals surface area contributed by atoms with E-state index < -0.39 is 0 Å². The Labute approximate surface area is 111 Å². The molecule has 0 bridgehead atoms. The SMILES string of the molecule is CC(CCO)CCCC(C)(C)c1ccc(O)cc1. The van der Waals surface area contributed by atoms with Gasteiger partial charge < -0.3 is 10.2 Å². The van der Waals surface area contributed by atoms with Crippen LogP contribution >= 0.6 is 0 Å². The fourth-order valence-corrected chi connectivity index (χ4v) is 2.31. The van der Waals surface area contributed by atoms with E-state index >= 15 is 0 Å². The minimum absolute atomic E-state index is 0.145. The van der Waals surface area contributed by atoms with E-state index in [1.165, 1.54) is 18.4 Å². The van der Waals surface area contributed by atoms with Gasteiger partial charge in [0.25, 0.3) is 0 Å². The van der Waals surface area contributed by atoms with Gasteiger partial charge in [-0.25, -0.2) is 0 Å². The summed E-state index contributed by atoms with van der Waals surface area (Å²) in [5.74, 6) is 0.928. The number of aliphatic hydroxyl groups is 1. The summed E-state index contributed by atoms with van der Waals surface area (Å²) in [6, 6.07) is 7.52. The van der Waals surface area contributed by atoms with Crippen LogP contribution in [0.3, 0.4) is 0 Å². The first-order chi connectivity index (χ1) is 8.45. The third-order valence-corrected chi connectivity index (χ3v) is 3.77. The fraction of sp³-hybridized carbons (Fsp3) is 0.625. The Balaban J connectivity index is 2.46. The highest BCUT2D eigenvalue weighted by Crippen LogP contribution is 2.30. The van der Waals surface area contributed by atoms with E-state index in [9.17, 15) is 5.11 Å². The number of aromatic hydroxyl groups is 1. The predicted molar refractivity (Wildman–Crippen MR) is 75.9 cm³/mol. The van der Waals surface area contributed by atoms with Gasteiger partial charge in [-0.2, -0.15) is 0 Å². The Morgan fingerprint density at radius 2 is 1.72 bits per heavy atom. The van der Waals surface area contributed by atoms with Crippen LogP contribution in [0.5, 0.6) is 5.75 Å². The number of phenols is 1. The van der Waals surface area contributed by atoms with Gasteiger partial charge in [-0.1, -0.05) is 45.7 Å². The van der Waals surface area contributed by atoms with Gasteiger partial charge in [0.05, 0.1) is 0 Å². The Hall–Kier alpha value is -1.02. The van der Waals surface area contributed by atoms with Crippen LogP contribution in [0, 0.1) is 5.92 Å². The maximum Gasteiger partial charge on any atom is 0.115 e. The van der Waals surface area contributed by atoms with Crippen LogP contribution in [0.15, 0.2) is 24.3 Å². The van der Waals surface area contributed by atoms with Crippen molar-refractivity contribution in [1.82, 2.24) is 0 Å². The molecule has 1 aromatic rings. The first-order valence-corrected chi connectivity index (χ1v) is 6.86. The van der Waals surface area contributed by atoms with Gasteiger partial charge in [-0.05, 0) is 41.9 Å². The fourth-order valence-electron chi connectivity index (χ4n) is 2.31. The summed E-state index contributed by atoms with van der Waals surface area (Å²) in [5.41, 5.74) is 1.42. The second kappa shape index (κ2) is 6.79. The quantitative estimate of drug-likeness (QED) is 0.771. The molecular formula is C16H26O2. The number of phenolic OH excluding ortho intramolecular Hbond substituents is 1. The topological polar surface area (TPSA) is 40.5 Å². The van der Waals surface area contributed by atoms with Crippen LogP contribution in [0.1, 0.15) is 52.0 Å². The molecule has 0 amide bonds. The molecule has 102 valence electrons. The molecule has 0 radical (unpaired) electrons. The summed E-state index contributed by atoms with van der Waals surface area (Å²) >= 11 is 0. The molecule has 1 aromatic carbocycles. The number of hydrogen-bond acceptors (Lipinski definition) is 2. The summed E-state index contributed by atoms with van der Waals surface area (Å²) in [6.45, 7) is 6.98. The molecule has 1 rings (SSSR count). The highest BCUT2D eigenvalue weighted by molar-refractivity contribution is 5.30. The molecule has 0 saturated carbocycles. The zero-order valence-corrected chi connectivity index (χ0v) is 11.8. The molecule has 0 heterocycles. The minimum atomic E-state index is 0.145. The second-order valence-corrected chi connectivity index (χ2v) is 5.94. The molecule has 0 aliphatic rings. The molecular weight excluding hydrogens is 224 g/mol. The molecule has 1 atom stereocenters. The van der Waals surface area contributed by atoms with E-state index in [1.807, 2.05) is 12.1 Å². The van der Waals surface area contributed by atoms with Gasteiger partial charge in [-0.3, -0.25) is 0 Å². The predicted octanol–water partition coefficient (Wildman–Crippen LogP) is 3.86. The van der Waals surface area contributed by atoms with Crippen LogP contribution in [0.25, 0.3) is 0 Å². The Morgan fingerprint density at radius 3 is 2.28 bits per heavy atom. The third kappa shape index (κ3) is 4.69. The van der Waals surface area contributed by atoms with Crippen molar-refractivity contribution in [1.29, 1.82) is 0 Å². The lowest BCUT2D eigenvalue weighted by molar-refractivity contribution is 0.254. The summed E-state index contributed by atoms with van der Waals surface area (Å²) in [6.07, 6.45) is 4.38. The average molecular weight is 250 g/mol. The lowest BCUT2D eigenvalue weighted by Gasteiger charge is -2.26. The monoisotopic (exact) mass is 250 g/mol. The number of hydrogen-bond donors (Lipinski definition) is 2. The molecule has 1 unspecified atom stereocenters. The van der Waals surface area contributed by atoms with E-state index in [4.69, 9.17) is 5.11 Å². The van der Waals surface area contributed by atoms with Crippen LogP contribution < -0.4 is 0 Å². The van der Waals surface area contributed by atoms with Gasteiger partial charge in [0, 0.05) is 6.61 Å². The maximum atomic E-state index is 9.31. The number of aliphatic hydroxyl groups excluding tert-OH is 1. The molecule has 2 nitrogen and oxygen atoms in total. The van der Waals surface area contributed by atoms with Crippen LogP contribution in [-0.2, 0) is 5.41 Å². The van der Waals surface area contributed by atoms with Gasteiger partial charge in [0.15, 0.2) is 0 Å². The second-order valence-electron chi connectivity index (χ2n) is 5.94. The summed E-state index contributed by atoms with van der Waals surface area (Å²) in [5, 5.41) is 18.2. The standard InChI is InChI=1S/C16H26O2/c1-13(10-12-17)5-4-11-16(2,3)14-6-8-15(18)9-7-14/h6-9,13,17-18H,4-5,10-12H2,1-3H3. The molecule has 2 N–H and O–H groups in total. The van der Waals surface area contributed by atoms with Crippen LogP contribution in [0.4, 0.5) is 0 Å². The Morgan fingerprint density at radius 1 is 1.11 bits per heavy atom. The van der Waals surface area contributed by atoms with Crippen molar-refractivity contribution in [2.24, 2.45) is 5.92 Å². The lowest BCUT2D eigenvalue weighted by Crippen LogP contribution is -2.17. The van der Waals surface area contributed by atoms with E-state index in [0.717, 1.165) is 12.8 Å². The lowest BCUT2D eigenvalue weighted by atomic mass is 9.79. The van der Waals surface area contributed by atoms with E-state index in [2.05, 4.69) is 20.8 Å². The number of benzene rings is 1. The van der Waals surface area contributed by atoms with E-state index in [0.29, 0.717) is 18.3 Å². The molecule has 0 aromatic heterocycles. The highest BCUT2D eigenvalue weighted by atomic mass is 16.3. The summed E-state index contributed by atoms with van der Waals surface area (Å²) in [7, 11) is 0. The molecule has 0 spiro atoms. The van der Waals surface area contributed by atoms with Gasteiger partial charge >= 0.3 is 0 Å². The average Bonchev–Trinajstić information content (AvgIpc) is 2.29. The normalized spacial score (nSPS) is 13.6. The van der Waals surface area contributed by atoms with Gasteiger partial charge in [0.2, 0.25) is 0 Å². The van der Waals surface area contributed by atoms with Crippen LogP contribution in [0.2, 0.25) is 0 Å². The van der Waals surface area contributed by atoms with Crippen molar-refractivity contribution in [3.63, 3.8) is 0 Å². The van der Waals surface area contributed by atoms with Crippen molar-refractivity contribution in [2.75, 3.05) is 6.61 Å². The van der Waals surface area contributed by atoms with Crippen molar-refractivity contribution in [3.8, 4) is 5.75 Å². The number of rotatable bonds is 7. The first-order valence-electron chi connectivity index (χ1n) is 6.86. The molecule has 0 fully saturated rings. The summed E-state index contributed by atoms with van der Waals surface area (Å²) < 4.78 is 0. The van der Waals surface area contributed by atoms with E-state index in [1.54, 1.807) is 12.1 Å². The van der Waals surface area contributed by atoms with Crippen molar-refractivity contribution in [3.05, 3.63) is 29.8 Å². The van der Waals surface area contributed by atoms with Gasteiger partial charge in [0.1, 0.15) is 5.75 Å². The van der Waals surface area contributed by atoms with Crippen molar-refractivity contribution in [2.45, 2.75) is 51.9 Å². The molecule has 0 saturated heterocycles. The maximum absolute atomic E-state index is 9.31. The minimum Gasteiger partial charge on any atom is -0.508 e. The van der Waals surface area contributed by atoms with Crippen molar-refractivity contribution >= 4 is 0 Å².